The average molecular weight is 400 g/mol. The number of carbonyl (C=O) groups is 2. The minimum Gasteiger partial charge on any atom is -0.746 e. The van der Waals surface area contributed by atoms with Crippen molar-refractivity contribution in [2.45, 2.75) is 30.8 Å². The molecular weight excluding hydrogens is 389 g/mol. The number of carboxylic acid groups (broad SMARTS) is 2. The molecule has 0 bridgehead atoms. The van der Waals surface area contributed by atoms with E-state index in [1.807, 2.05) is 0 Å². The van der Waals surface area contributed by atoms with Crippen LogP contribution in [-0.4, -0.2) is 42.0 Å². The van der Waals surface area contributed by atoms with Gasteiger partial charge in [0.05, 0.1) is 17.4 Å². The van der Waals surface area contributed by atoms with Crippen LogP contribution >= 0.6 is 0 Å². The molecule has 0 aliphatic heterocycles. The summed E-state index contributed by atoms with van der Waals surface area (Å²) >= 11 is 0. The Hall–Kier alpha value is 1.76. The molecule has 0 amide bonds. The van der Waals surface area contributed by atoms with Crippen molar-refractivity contribution < 1.29 is 134 Å². The Morgan fingerprint density at radius 1 is 0.913 bits per heavy atom. The number of hydrogen-bond acceptors (Lipinski definition) is 9. The molecule has 118 valence electrons. The average Bonchev–Trinajstić information content (AvgIpc) is 2.20. The summed E-state index contributed by atoms with van der Waals surface area (Å²) in [6.07, 6.45) is -1.86. The Kier molecular flexibility index (Phi) is 15.2. The second-order valence-corrected chi connectivity index (χ2v) is 7.25. The molecule has 0 rings (SSSR count). The maximum absolute atomic E-state index is 11.3. The first-order chi connectivity index (χ1) is 8.76. The fourth-order valence-electron chi connectivity index (χ4n) is 2.16. The molecule has 1 atom stereocenters. The minimum absolute atomic E-state index is 0. The van der Waals surface area contributed by atoms with Crippen molar-refractivity contribution >= 4 is 32.2 Å². The van der Waals surface area contributed by atoms with Gasteiger partial charge in [0.15, 0.2) is 0 Å². The Bertz CT molecular complexity index is 590. The minimum atomic E-state index is -6.38. The number of carbonyl (C=O) groups excluding carboxylic acids is 2. The van der Waals surface area contributed by atoms with Crippen LogP contribution in [0.4, 0.5) is 0 Å². The molecule has 15 heteroatoms. The summed E-state index contributed by atoms with van der Waals surface area (Å²) in [7, 11) is -12.6. The van der Waals surface area contributed by atoms with Crippen LogP contribution in [0.2, 0.25) is 0 Å². The van der Waals surface area contributed by atoms with Gasteiger partial charge in [-0.3, -0.25) is 4.55 Å². The second kappa shape index (κ2) is 10.8. The zero-order valence-corrected chi connectivity index (χ0v) is 21.0. The smallest absolute Gasteiger partial charge is 0.746 e. The van der Waals surface area contributed by atoms with Crippen molar-refractivity contribution in [3.8, 4) is 0 Å². The van der Waals surface area contributed by atoms with Crippen LogP contribution in [0.15, 0.2) is 0 Å². The predicted molar refractivity (Wildman–Crippen MR) is 57.0 cm³/mol. The Morgan fingerprint density at radius 2 is 1.22 bits per heavy atom. The molecule has 0 aliphatic rings. The van der Waals surface area contributed by atoms with E-state index in [-0.39, 0.29) is 88.7 Å². The SMILES string of the molecule is CCC(CC)(C(=O)[O-])C(C(=O)[O-])(S(=O)(=O)[O-])S(=O)(=O)O.[Na+].[Na+].[Na+]. The molecular formula is C8H11Na3O10S2. The maximum Gasteiger partial charge on any atom is 1.00 e. The Balaban J connectivity index is -0.000000602. The second-order valence-electron chi connectivity index (χ2n) is 3.91. The molecule has 1 unspecified atom stereocenters. The van der Waals surface area contributed by atoms with E-state index in [0.717, 1.165) is 13.8 Å². The van der Waals surface area contributed by atoms with Gasteiger partial charge in [0, 0.05) is 0 Å². The molecule has 0 spiro atoms. The molecule has 0 saturated heterocycles. The zero-order valence-electron chi connectivity index (χ0n) is 13.4. The van der Waals surface area contributed by atoms with Gasteiger partial charge < -0.3 is 24.4 Å². The normalized spacial score (nSPS) is 14.3. The first kappa shape index (κ1) is 32.4. The van der Waals surface area contributed by atoms with E-state index in [0.29, 0.717) is 0 Å². The van der Waals surface area contributed by atoms with Crippen molar-refractivity contribution in [3.05, 3.63) is 0 Å². The fraction of sp³-hybridized carbons (Fsp3) is 0.750. The molecule has 0 heterocycles. The quantitative estimate of drug-likeness (QED) is 0.317. The summed E-state index contributed by atoms with van der Waals surface area (Å²) in [4.78, 5) is 22.2. The van der Waals surface area contributed by atoms with E-state index in [4.69, 9.17) is 4.55 Å². The molecule has 0 aromatic heterocycles. The summed E-state index contributed by atoms with van der Waals surface area (Å²) in [5, 5.41) is 22.2. The van der Waals surface area contributed by atoms with Gasteiger partial charge >= 0.3 is 88.7 Å². The van der Waals surface area contributed by atoms with E-state index in [1.54, 1.807) is 0 Å². The number of rotatable bonds is 7. The number of aliphatic carboxylic acids is 2. The van der Waals surface area contributed by atoms with Crippen molar-refractivity contribution in [3.63, 3.8) is 0 Å². The van der Waals surface area contributed by atoms with E-state index in [2.05, 4.69) is 0 Å². The molecule has 0 radical (unpaired) electrons. The fourth-order valence-corrected chi connectivity index (χ4v) is 5.32. The van der Waals surface area contributed by atoms with Gasteiger partial charge in [0.2, 0.25) is 4.08 Å². The van der Waals surface area contributed by atoms with Crippen molar-refractivity contribution in [2.75, 3.05) is 0 Å². The van der Waals surface area contributed by atoms with E-state index < -0.39 is 54.5 Å². The largest absolute Gasteiger partial charge is 1.00 e. The molecule has 0 aromatic carbocycles. The van der Waals surface area contributed by atoms with Gasteiger partial charge in [-0.05, 0) is 12.8 Å². The van der Waals surface area contributed by atoms with Crippen LogP contribution in [0.5, 0.6) is 0 Å². The molecule has 10 nitrogen and oxygen atoms in total. The van der Waals surface area contributed by atoms with Crippen LogP contribution < -0.4 is 98.9 Å². The number of carboxylic acids is 2. The molecule has 0 aromatic rings. The third-order valence-electron chi connectivity index (χ3n) is 3.21. The third kappa shape index (κ3) is 5.15. The van der Waals surface area contributed by atoms with Crippen molar-refractivity contribution in [1.29, 1.82) is 0 Å². The summed E-state index contributed by atoms with van der Waals surface area (Å²) in [6, 6.07) is 0. The first-order valence-corrected chi connectivity index (χ1v) is 7.96. The monoisotopic (exact) mass is 400 g/mol. The summed E-state index contributed by atoms with van der Waals surface area (Å²) < 4.78 is 60.5. The van der Waals surface area contributed by atoms with Crippen LogP contribution in [0.3, 0.4) is 0 Å². The first-order valence-electron chi connectivity index (χ1n) is 5.11. The predicted octanol–water partition coefficient (Wildman–Crippen LogP) is -12.6. The van der Waals surface area contributed by atoms with E-state index in [9.17, 15) is 41.2 Å². The van der Waals surface area contributed by atoms with E-state index >= 15 is 0 Å². The molecule has 23 heavy (non-hydrogen) atoms. The summed E-state index contributed by atoms with van der Waals surface area (Å²) in [5.41, 5.74) is -3.21. The van der Waals surface area contributed by atoms with Gasteiger partial charge in [0.1, 0.15) is 10.1 Å². The van der Waals surface area contributed by atoms with Crippen LogP contribution in [-0.2, 0) is 29.8 Å². The molecule has 0 aliphatic carbocycles. The molecule has 1 N–H and O–H groups in total. The van der Waals surface area contributed by atoms with Gasteiger partial charge in [-0.15, -0.1) is 0 Å². The van der Waals surface area contributed by atoms with Gasteiger partial charge in [-0.2, -0.15) is 8.42 Å². The number of hydrogen-bond donors (Lipinski definition) is 1. The third-order valence-corrected chi connectivity index (χ3v) is 7.00. The van der Waals surface area contributed by atoms with Crippen LogP contribution in [0.25, 0.3) is 0 Å². The van der Waals surface area contributed by atoms with E-state index in [1.165, 1.54) is 0 Å². The van der Waals surface area contributed by atoms with Crippen molar-refractivity contribution in [2.24, 2.45) is 5.41 Å². The standard InChI is InChI=1S/C8H14O10S2.3Na/c1-3-7(4-2,5(9)10)8(6(11)12,19(13,14)15)20(16,17)18;;;/h3-4H2,1-2H3,(H,9,10)(H,11,12)(H,13,14,15)(H,16,17,18);;;/q;3*+1/p-3. The van der Waals surface area contributed by atoms with Gasteiger partial charge in [0.25, 0.3) is 10.1 Å². The van der Waals surface area contributed by atoms with Gasteiger partial charge in [-0.25, -0.2) is 8.42 Å². The Labute approximate surface area is 200 Å². The summed E-state index contributed by atoms with van der Waals surface area (Å²) in [5.74, 6) is -5.48. The zero-order chi connectivity index (χ0) is 16.6. The topological polar surface area (TPSA) is 192 Å². The summed E-state index contributed by atoms with van der Waals surface area (Å²) in [6.45, 7) is 1.85. The maximum atomic E-state index is 11.3. The van der Waals surface area contributed by atoms with Crippen LogP contribution in [0.1, 0.15) is 26.7 Å². The molecule has 0 fully saturated rings. The van der Waals surface area contributed by atoms with Gasteiger partial charge in [-0.1, -0.05) is 13.8 Å². The Morgan fingerprint density at radius 3 is 1.26 bits per heavy atom. The van der Waals surface area contributed by atoms with Crippen molar-refractivity contribution in [1.82, 2.24) is 0 Å². The molecule has 0 saturated carbocycles. The van der Waals surface area contributed by atoms with Crippen LogP contribution in [0, 0.1) is 5.41 Å².